The molecular formula is C60H36N4O. The van der Waals surface area contributed by atoms with E-state index in [1.165, 1.54) is 38.0 Å². The molecular weight excluding hydrogens is 793 g/mol. The van der Waals surface area contributed by atoms with Crippen molar-refractivity contribution >= 4 is 87.2 Å². The number of hydrogen-bond acceptors (Lipinski definition) is 3. The summed E-state index contributed by atoms with van der Waals surface area (Å²) < 4.78 is 11.2. The van der Waals surface area contributed by atoms with Crippen molar-refractivity contribution in [2.45, 2.75) is 0 Å². The lowest BCUT2D eigenvalue weighted by atomic mass is 9.96. The van der Waals surface area contributed by atoms with Crippen molar-refractivity contribution in [3.05, 3.63) is 218 Å². The first-order valence-corrected chi connectivity index (χ1v) is 22.1. The van der Waals surface area contributed by atoms with Crippen LogP contribution in [0.1, 0.15) is 0 Å². The molecule has 10 aromatic carbocycles. The third-order valence-corrected chi connectivity index (χ3v) is 13.3. The largest absolute Gasteiger partial charge is 0.456 e. The van der Waals surface area contributed by atoms with Crippen LogP contribution >= 0.6 is 0 Å². The Balaban J connectivity index is 0.962. The van der Waals surface area contributed by atoms with Gasteiger partial charge in [-0.25, -0.2) is 9.97 Å². The summed E-state index contributed by atoms with van der Waals surface area (Å²) >= 11 is 0. The van der Waals surface area contributed by atoms with Gasteiger partial charge in [-0.3, -0.25) is 4.57 Å². The lowest BCUT2D eigenvalue weighted by Gasteiger charge is -2.12. The molecule has 0 atom stereocenters. The fourth-order valence-electron chi connectivity index (χ4n) is 10.4. The van der Waals surface area contributed by atoms with Crippen LogP contribution in [0.4, 0.5) is 0 Å². The fraction of sp³-hybridized carbons (Fsp3) is 0. The zero-order valence-electron chi connectivity index (χ0n) is 35.0. The molecule has 14 aromatic rings. The molecule has 0 fully saturated rings. The molecule has 0 radical (unpaired) electrons. The summed E-state index contributed by atoms with van der Waals surface area (Å²) in [7, 11) is 0. The van der Waals surface area contributed by atoms with Crippen LogP contribution in [-0.4, -0.2) is 19.1 Å². The maximum atomic E-state index is 6.60. The van der Waals surface area contributed by atoms with Crippen molar-refractivity contribution < 1.29 is 4.42 Å². The Morgan fingerprint density at radius 2 is 0.985 bits per heavy atom. The molecule has 302 valence electrons. The molecule has 4 heterocycles. The Morgan fingerprint density at radius 1 is 0.338 bits per heavy atom. The van der Waals surface area contributed by atoms with E-state index in [9.17, 15) is 0 Å². The molecule has 0 unspecified atom stereocenters. The highest BCUT2D eigenvalue weighted by Crippen LogP contribution is 2.43. The summed E-state index contributed by atoms with van der Waals surface area (Å²) in [6.45, 7) is 0. The van der Waals surface area contributed by atoms with Crippen LogP contribution in [0, 0.1) is 0 Å². The van der Waals surface area contributed by atoms with E-state index in [2.05, 4.69) is 215 Å². The fourth-order valence-corrected chi connectivity index (χ4v) is 10.4. The first-order chi connectivity index (χ1) is 32.2. The lowest BCUT2D eigenvalue weighted by Crippen LogP contribution is -2.03. The predicted octanol–water partition coefficient (Wildman–Crippen LogP) is 15.9. The zero-order valence-corrected chi connectivity index (χ0v) is 35.0. The number of rotatable bonds is 5. The highest BCUT2D eigenvalue weighted by Gasteiger charge is 2.21. The smallest absolute Gasteiger partial charge is 0.235 e. The molecule has 14 rings (SSSR count). The van der Waals surface area contributed by atoms with E-state index < -0.39 is 0 Å². The van der Waals surface area contributed by atoms with Crippen molar-refractivity contribution in [2.24, 2.45) is 0 Å². The van der Waals surface area contributed by atoms with Gasteiger partial charge in [0.1, 0.15) is 11.2 Å². The van der Waals surface area contributed by atoms with Gasteiger partial charge in [-0.1, -0.05) is 146 Å². The molecule has 5 nitrogen and oxygen atoms in total. The monoisotopic (exact) mass is 828 g/mol. The van der Waals surface area contributed by atoms with Crippen molar-refractivity contribution in [2.75, 3.05) is 0 Å². The molecule has 0 spiro atoms. The average molecular weight is 829 g/mol. The molecule has 0 aliphatic rings. The number of aromatic nitrogens is 4. The first kappa shape index (κ1) is 35.8. The summed E-state index contributed by atoms with van der Waals surface area (Å²) in [6, 6.07) is 77.9. The topological polar surface area (TPSA) is 48.8 Å². The van der Waals surface area contributed by atoms with E-state index in [1.54, 1.807) is 0 Å². The summed E-state index contributed by atoms with van der Waals surface area (Å²) in [4.78, 5) is 10.6. The van der Waals surface area contributed by atoms with Gasteiger partial charge < -0.3 is 8.98 Å². The minimum Gasteiger partial charge on any atom is -0.456 e. The van der Waals surface area contributed by atoms with E-state index in [4.69, 9.17) is 14.4 Å². The number of benzene rings is 10. The van der Waals surface area contributed by atoms with Gasteiger partial charge in [0.25, 0.3) is 0 Å². The zero-order chi connectivity index (χ0) is 42.6. The van der Waals surface area contributed by atoms with Crippen molar-refractivity contribution in [3.8, 4) is 45.1 Å². The number of nitrogens with zero attached hydrogens (tertiary/aromatic N) is 4. The maximum absolute atomic E-state index is 6.60. The van der Waals surface area contributed by atoms with Crippen molar-refractivity contribution in [1.29, 1.82) is 0 Å². The lowest BCUT2D eigenvalue weighted by molar-refractivity contribution is 0.669. The standard InChI is InChI=1S/C60H36N4O/c1-3-15-38(16-4-1)59-46-21-9-11-23-50(46)61-60(62-59)64-53-30-27-39(34-48(53)57-43-19-8-7-14-37(43)26-32-54(57)64)40-29-33-55-49(35-40)58-44(22-13-25-56(58)65-55)41-28-31-52-47(36-41)45-20-10-12-24-51(45)63(52)42-17-5-2-6-18-42/h1-36H. The van der Waals surface area contributed by atoms with Gasteiger partial charge in [-0.15, -0.1) is 0 Å². The van der Waals surface area contributed by atoms with Crippen LogP contribution in [0.5, 0.6) is 0 Å². The summed E-state index contributed by atoms with van der Waals surface area (Å²) in [5, 5.41) is 10.4. The second-order valence-corrected chi connectivity index (χ2v) is 16.9. The van der Waals surface area contributed by atoms with Crippen LogP contribution in [0.3, 0.4) is 0 Å². The summed E-state index contributed by atoms with van der Waals surface area (Å²) in [6.07, 6.45) is 0. The Labute approximate surface area is 372 Å². The van der Waals surface area contributed by atoms with E-state index in [1.807, 2.05) is 12.1 Å². The minimum absolute atomic E-state index is 0.646. The molecule has 0 N–H and O–H groups in total. The maximum Gasteiger partial charge on any atom is 0.235 e. The molecule has 0 saturated heterocycles. The second-order valence-electron chi connectivity index (χ2n) is 16.9. The van der Waals surface area contributed by atoms with E-state index >= 15 is 0 Å². The third kappa shape index (κ3) is 5.39. The SMILES string of the molecule is c1ccc(-c2nc(-n3c4ccc(-c5ccc6oc7cccc(-c8ccc9c(c8)c8ccccc8n9-c8ccccc8)c7c6c5)cc4c4c5ccccc5ccc43)nc3ccccc23)cc1. The van der Waals surface area contributed by atoms with E-state index in [0.717, 1.165) is 88.5 Å². The molecule has 0 aliphatic carbocycles. The highest BCUT2D eigenvalue weighted by molar-refractivity contribution is 6.22. The van der Waals surface area contributed by atoms with Gasteiger partial charge in [0.05, 0.1) is 33.3 Å². The Hall–Kier alpha value is -8.80. The third-order valence-electron chi connectivity index (χ3n) is 13.3. The van der Waals surface area contributed by atoms with E-state index in [-0.39, 0.29) is 0 Å². The molecule has 5 heteroatoms. The van der Waals surface area contributed by atoms with Crippen molar-refractivity contribution in [3.63, 3.8) is 0 Å². The minimum atomic E-state index is 0.646. The van der Waals surface area contributed by atoms with Crippen LogP contribution in [0.15, 0.2) is 223 Å². The number of fused-ring (bicyclic) bond motifs is 12. The predicted molar refractivity (Wildman–Crippen MR) is 269 cm³/mol. The van der Waals surface area contributed by atoms with Crippen LogP contribution in [0.25, 0.3) is 132 Å². The molecule has 0 saturated carbocycles. The van der Waals surface area contributed by atoms with Crippen LogP contribution < -0.4 is 0 Å². The van der Waals surface area contributed by atoms with Gasteiger partial charge in [-0.05, 0) is 106 Å². The Morgan fingerprint density at radius 3 is 1.85 bits per heavy atom. The molecule has 4 aromatic heterocycles. The summed E-state index contributed by atoms with van der Waals surface area (Å²) in [5.74, 6) is 0.646. The van der Waals surface area contributed by atoms with E-state index in [0.29, 0.717) is 5.95 Å². The molecule has 0 aliphatic heterocycles. The average Bonchev–Trinajstić information content (AvgIpc) is 4.03. The van der Waals surface area contributed by atoms with Crippen LogP contribution in [-0.2, 0) is 0 Å². The first-order valence-electron chi connectivity index (χ1n) is 22.1. The number of para-hydroxylation sites is 3. The Kier molecular flexibility index (Phi) is 7.62. The number of furan rings is 1. The van der Waals surface area contributed by atoms with Gasteiger partial charge in [0, 0.05) is 49.0 Å². The normalized spacial score (nSPS) is 12.0. The van der Waals surface area contributed by atoms with Gasteiger partial charge in [0.2, 0.25) is 5.95 Å². The molecule has 0 bridgehead atoms. The van der Waals surface area contributed by atoms with Crippen molar-refractivity contribution in [1.82, 2.24) is 19.1 Å². The van der Waals surface area contributed by atoms with Crippen LogP contribution in [0.2, 0.25) is 0 Å². The highest BCUT2D eigenvalue weighted by atomic mass is 16.3. The van der Waals surface area contributed by atoms with Gasteiger partial charge in [0.15, 0.2) is 0 Å². The second kappa shape index (κ2) is 13.9. The van der Waals surface area contributed by atoms with Gasteiger partial charge in [-0.2, -0.15) is 0 Å². The number of hydrogen-bond donors (Lipinski definition) is 0. The van der Waals surface area contributed by atoms with Gasteiger partial charge >= 0.3 is 0 Å². The quantitative estimate of drug-likeness (QED) is 0.174. The molecule has 0 amide bonds. The molecule has 65 heavy (non-hydrogen) atoms. The summed E-state index contributed by atoms with van der Waals surface area (Å²) in [5.41, 5.74) is 14.8. The Bertz CT molecular complexity index is 4240.